The van der Waals surface area contributed by atoms with Crippen LogP contribution in [0.5, 0.6) is 0 Å². The van der Waals surface area contributed by atoms with Crippen LogP contribution in [0, 0.1) is 0 Å². The quantitative estimate of drug-likeness (QED) is 0.678. The van der Waals surface area contributed by atoms with E-state index in [0.717, 1.165) is 18.7 Å². The Morgan fingerprint density at radius 1 is 1.62 bits per heavy atom. The van der Waals surface area contributed by atoms with Crippen LogP contribution in [0.1, 0.15) is 12.1 Å². The van der Waals surface area contributed by atoms with E-state index < -0.39 is 0 Å². The molecule has 1 atom stereocenters. The molecule has 1 aromatic heterocycles. The molecule has 0 spiro atoms. The fraction of sp³-hybridized carbons (Fsp3) is 0.667. The van der Waals surface area contributed by atoms with E-state index in [4.69, 9.17) is 5.73 Å². The maximum absolute atomic E-state index is 5.82. The maximum atomic E-state index is 5.82. The van der Waals surface area contributed by atoms with Crippen LogP contribution < -0.4 is 5.73 Å². The van der Waals surface area contributed by atoms with Crippen LogP contribution in [-0.4, -0.2) is 34.8 Å². The second-order valence-corrected chi connectivity index (χ2v) is 3.88. The zero-order valence-corrected chi connectivity index (χ0v) is 8.20. The molecule has 2 N–H and O–H groups in total. The predicted molar refractivity (Wildman–Crippen MR) is 52.4 cm³/mol. The Morgan fingerprint density at radius 2 is 2.38 bits per heavy atom. The number of aromatic nitrogens is 2. The second-order valence-electron chi connectivity index (χ2n) is 3.88. The standard InChI is InChI=1S/C9H16N4/c1-12(2)7-3-4-13-9(5-7)8(10)6-11-13/h6-7H,3-5,10H2,1-2H3. The first-order chi connectivity index (χ1) is 6.18. The number of anilines is 1. The van der Waals surface area contributed by atoms with Crippen LogP contribution in [0.15, 0.2) is 6.20 Å². The third-order valence-electron chi connectivity index (χ3n) is 2.81. The van der Waals surface area contributed by atoms with E-state index in [1.54, 1.807) is 6.20 Å². The normalized spacial score (nSPS) is 21.9. The molecule has 0 aliphatic carbocycles. The Morgan fingerprint density at radius 3 is 3.08 bits per heavy atom. The topological polar surface area (TPSA) is 47.1 Å². The Bertz CT molecular complexity index is 303. The number of aryl methyl sites for hydroxylation is 1. The third-order valence-corrected chi connectivity index (χ3v) is 2.81. The Hall–Kier alpha value is -1.03. The molecule has 0 aromatic carbocycles. The first kappa shape index (κ1) is 8.56. The van der Waals surface area contributed by atoms with Crippen molar-refractivity contribution in [2.75, 3.05) is 19.8 Å². The highest BCUT2D eigenvalue weighted by molar-refractivity contribution is 5.41. The molecule has 72 valence electrons. The van der Waals surface area contributed by atoms with Gasteiger partial charge in [0.15, 0.2) is 0 Å². The minimum absolute atomic E-state index is 0.617. The zero-order chi connectivity index (χ0) is 9.42. The van der Waals surface area contributed by atoms with Crippen molar-refractivity contribution in [3.05, 3.63) is 11.9 Å². The van der Waals surface area contributed by atoms with Crippen LogP contribution in [0.3, 0.4) is 0 Å². The maximum Gasteiger partial charge on any atom is 0.0733 e. The lowest BCUT2D eigenvalue weighted by Crippen LogP contribution is -2.35. The number of nitrogens with two attached hydrogens (primary N) is 1. The second kappa shape index (κ2) is 3.03. The highest BCUT2D eigenvalue weighted by Crippen LogP contribution is 2.21. The molecule has 2 rings (SSSR count). The summed E-state index contributed by atoms with van der Waals surface area (Å²) in [5.41, 5.74) is 7.86. The van der Waals surface area contributed by atoms with Gasteiger partial charge in [-0.15, -0.1) is 0 Å². The molecule has 0 fully saturated rings. The average Bonchev–Trinajstić information content (AvgIpc) is 2.47. The van der Waals surface area contributed by atoms with Gasteiger partial charge < -0.3 is 10.6 Å². The van der Waals surface area contributed by atoms with Crippen molar-refractivity contribution in [3.8, 4) is 0 Å². The first-order valence-electron chi connectivity index (χ1n) is 4.65. The number of nitrogens with zero attached hydrogens (tertiary/aromatic N) is 3. The molecule has 1 aromatic rings. The molecule has 1 aliphatic rings. The van der Waals surface area contributed by atoms with E-state index >= 15 is 0 Å². The highest BCUT2D eigenvalue weighted by atomic mass is 15.3. The molecule has 0 saturated heterocycles. The molecule has 0 amide bonds. The Labute approximate surface area is 78.3 Å². The summed E-state index contributed by atoms with van der Waals surface area (Å²) >= 11 is 0. The van der Waals surface area contributed by atoms with Crippen LogP contribution in [0.4, 0.5) is 5.69 Å². The van der Waals surface area contributed by atoms with Gasteiger partial charge in [-0.05, 0) is 20.5 Å². The Kier molecular flexibility index (Phi) is 2.00. The minimum Gasteiger partial charge on any atom is -0.396 e. The fourth-order valence-electron chi connectivity index (χ4n) is 1.88. The summed E-state index contributed by atoms with van der Waals surface area (Å²) in [7, 11) is 4.24. The van der Waals surface area contributed by atoms with Crippen LogP contribution in [-0.2, 0) is 13.0 Å². The number of likely N-dealkylation sites (N-methyl/N-ethyl adjacent to an activating group) is 1. The van der Waals surface area contributed by atoms with Gasteiger partial charge in [0.05, 0.1) is 17.6 Å². The monoisotopic (exact) mass is 180 g/mol. The predicted octanol–water partition coefficient (Wildman–Crippen LogP) is 0.342. The average molecular weight is 180 g/mol. The smallest absolute Gasteiger partial charge is 0.0733 e. The summed E-state index contributed by atoms with van der Waals surface area (Å²) in [4.78, 5) is 2.26. The molecule has 1 aliphatic heterocycles. The lowest BCUT2D eigenvalue weighted by molar-refractivity contribution is 0.239. The summed E-state index contributed by atoms with van der Waals surface area (Å²) < 4.78 is 2.02. The van der Waals surface area contributed by atoms with Gasteiger partial charge in [0.25, 0.3) is 0 Å². The molecule has 4 heteroatoms. The number of fused-ring (bicyclic) bond motifs is 1. The zero-order valence-electron chi connectivity index (χ0n) is 8.20. The highest BCUT2D eigenvalue weighted by Gasteiger charge is 2.22. The van der Waals surface area contributed by atoms with Gasteiger partial charge in [-0.2, -0.15) is 5.10 Å². The van der Waals surface area contributed by atoms with Gasteiger partial charge in [0.1, 0.15) is 0 Å². The Balaban J connectivity index is 2.22. The van der Waals surface area contributed by atoms with Gasteiger partial charge >= 0.3 is 0 Å². The molecule has 13 heavy (non-hydrogen) atoms. The molecule has 4 nitrogen and oxygen atoms in total. The summed E-state index contributed by atoms with van der Waals surface area (Å²) in [5, 5.41) is 4.22. The summed E-state index contributed by atoms with van der Waals surface area (Å²) in [6.07, 6.45) is 3.95. The number of nitrogen functional groups attached to an aromatic ring is 1. The molecule has 0 bridgehead atoms. The summed E-state index contributed by atoms with van der Waals surface area (Å²) in [6, 6.07) is 0.617. The van der Waals surface area contributed by atoms with Gasteiger partial charge in [-0.1, -0.05) is 0 Å². The van der Waals surface area contributed by atoms with E-state index in [9.17, 15) is 0 Å². The largest absolute Gasteiger partial charge is 0.396 e. The molecule has 2 heterocycles. The minimum atomic E-state index is 0.617. The van der Waals surface area contributed by atoms with E-state index in [0.29, 0.717) is 6.04 Å². The van der Waals surface area contributed by atoms with Crippen LogP contribution in [0.2, 0.25) is 0 Å². The van der Waals surface area contributed by atoms with Gasteiger partial charge in [0.2, 0.25) is 0 Å². The molecular formula is C9H16N4. The van der Waals surface area contributed by atoms with E-state index in [1.165, 1.54) is 12.1 Å². The van der Waals surface area contributed by atoms with Crippen molar-refractivity contribution in [1.29, 1.82) is 0 Å². The molecule has 0 radical (unpaired) electrons. The summed E-state index contributed by atoms with van der Waals surface area (Å²) in [5.74, 6) is 0. The van der Waals surface area contributed by atoms with Crippen LogP contribution in [0.25, 0.3) is 0 Å². The lowest BCUT2D eigenvalue weighted by atomic mass is 10.0. The SMILES string of the molecule is CN(C)C1CCn2ncc(N)c2C1. The molecule has 0 saturated carbocycles. The number of hydrogen-bond donors (Lipinski definition) is 1. The first-order valence-corrected chi connectivity index (χ1v) is 4.65. The van der Waals surface area contributed by atoms with Crippen molar-refractivity contribution in [2.45, 2.75) is 25.4 Å². The number of rotatable bonds is 1. The van der Waals surface area contributed by atoms with Crippen molar-refractivity contribution in [1.82, 2.24) is 14.7 Å². The van der Waals surface area contributed by atoms with Gasteiger partial charge in [0, 0.05) is 19.0 Å². The molecule has 1 unspecified atom stereocenters. The lowest BCUT2D eigenvalue weighted by Gasteiger charge is -2.28. The van der Waals surface area contributed by atoms with Crippen molar-refractivity contribution >= 4 is 5.69 Å². The van der Waals surface area contributed by atoms with Crippen LogP contribution >= 0.6 is 0 Å². The fourth-order valence-corrected chi connectivity index (χ4v) is 1.88. The van der Waals surface area contributed by atoms with Gasteiger partial charge in [-0.25, -0.2) is 0 Å². The van der Waals surface area contributed by atoms with Gasteiger partial charge in [-0.3, -0.25) is 4.68 Å². The van der Waals surface area contributed by atoms with Crippen molar-refractivity contribution in [3.63, 3.8) is 0 Å². The van der Waals surface area contributed by atoms with Crippen molar-refractivity contribution < 1.29 is 0 Å². The van der Waals surface area contributed by atoms with E-state index in [1.807, 2.05) is 4.68 Å². The molecular weight excluding hydrogens is 164 g/mol. The van der Waals surface area contributed by atoms with Crippen molar-refractivity contribution in [2.24, 2.45) is 0 Å². The van der Waals surface area contributed by atoms with E-state index in [-0.39, 0.29) is 0 Å². The number of hydrogen-bond acceptors (Lipinski definition) is 3. The third kappa shape index (κ3) is 1.42. The summed E-state index contributed by atoms with van der Waals surface area (Å²) in [6.45, 7) is 0.995. The van der Waals surface area contributed by atoms with E-state index in [2.05, 4.69) is 24.1 Å².